The zero-order valence-corrected chi connectivity index (χ0v) is 16.6. The molecule has 1 aromatic heterocycles. The summed E-state index contributed by atoms with van der Waals surface area (Å²) in [6, 6.07) is 14.6. The Kier molecular flexibility index (Phi) is 6.10. The Labute approximate surface area is 167 Å². The molecule has 1 N–H and O–H groups in total. The number of methoxy groups -OCH3 is 1. The maximum absolute atomic E-state index is 12.2. The average Bonchev–Trinajstić information content (AvgIpc) is 3.07. The molecule has 28 heavy (non-hydrogen) atoms. The summed E-state index contributed by atoms with van der Waals surface area (Å²) in [5, 5.41) is 11.9. The highest BCUT2D eigenvalue weighted by atomic mass is 32.2. The van der Waals surface area contributed by atoms with Gasteiger partial charge in [-0.1, -0.05) is 35.5 Å². The molecule has 0 unspecified atom stereocenters. The van der Waals surface area contributed by atoms with Crippen molar-refractivity contribution in [2.45, 2.75) is 12.1 Å². The van der Waals surface area contributed by atoms with Gasteiger partial charge in [0, 0.05) is 18.3 Å². The highest BCUT2D eigenvalue weighted by molar-refractivity contribution is 7.99. The molecule has 0 aliphatic rings. The molecule has 0 spiro atoms. The zero-order valence-electron chi connectivity index (χ0n) is 15.8. The van der Waals surface area contributed by atoms with Crippen molar-refractivity contribution in [3.8, 4) is 11.4 Å². The standard InChI is InChI=1S/C20H20N4O3S/c1-13-5-4-6-15(11-13)18-22-23-20(24(18)2)28-12-17(25)21-16-9-7-14(8-10-16)19(26)27-3/h4-11H,12H2,1-3H3,(H,21,25). The predicted octanol–water partition coefficient (Wildman–Crippen LogP) is 3.31. The number of amides is 1. The van der Waals surface area contributed by atoms with Crippen LogP contribution in [-0.2, 0) is 16.6 Å². The molecule has 144 valence electrons. The Morgan fingerprint density at radius 1 is 1.14 bits per heavy atom. The normalized spacial score (nSPS) is 10.5. The highest BCUT2D eigenvalue weighted by Gasteiger charge is 2.13. The number of hydrogen-bond donors (Lipinski definition) is 1. The number of carbonyl (C=O) groups excluding carboxylic acids is 2. The molecule has 0 aliphatic heterocycles. The number of aromatic nitrogens is 3. The van der Waals surface area contributed by atoms with E-state index in [1.54, 1.807) is 24.3 Å². The van der Waals surface area contributed by atoms with E-state index in [-0.39, 0.29) is 11.7 Å². The molecule has 3 rings (SSSR count). The molecule has 0 atom stereocenters. The first-order valence-electron chi connectivity index (χ1n) is 8.55. The molecule has 3 aromatic rings. The number of thioether (sulfide) groups is 1. The van der Waals surface area contributed by atoms with Gasteiger partial charge in [-0.15, -0.1) is 10.2 Å². The highest BCUT2D eigenvalue weighted by Crippen LogP contribution is 2.23. The van der Waals surface area contributed by atoms with Gasteiger partial charge in [-0.2, -0.15) is 0 Å². The Hall–Kier alpha value is -3.13. The van der Waals surface area contributed by atoms with Gasteiger partial charge in [0.1, 0.15) is 0 Å². The predicted molar refractivity (Wildman–Crippen MR) is 108 cm³/mol. The third-order valence-electron chi connectivity index (χ3n) is 4.03. The van der Waals surface area contributed by atoms with E-state index in [1.807, 2.05) is 42.8 Å². The van der Waals surface area contributed by atoms with Gasteiger partial charge in [-0.3, -0.25) is 4.79 Å². The summed E-state index contributed by atoms with van der Waals surface area (Å²) >= 11 is 1.31. The van der Waals surface area contributed by atoms with Crippen molar-refractivity contribution in [2.75, 3.05) is 18.2 Å². The SMILES string of the molecule is COC(=O)c1ccc(NC(=O)CSc2nnc(-c3cccc(C)c3)n2C)cc1. The molecular formula is C20H20N4O3S. The number of anilines is 1. The van der Waals surface area contributed by atoms with E-state index in [1.165, 1.54) is 18.9 Å². The third-order valence-corrected chi connectivity index (χ3v) is 5.05. The maximum atomic E-state index is 12.2. The first kappa shape index (κ1) is 19.6. The molecule has 8 heteroatoms. The van der Waals surface area contributed by atoms with Crippen LogP contribution in [0.3, 0.4) is 0 Å². The molecule has 0 radical (unpaired) electrons. The number of nitrogens with zero attached hydrogens (tertiary/aromatic N) is 3. The largest absolute Gasteiger partial charge is 0.465 e. The fraction of sp³-hybridized carbons (Fsp3) is 0.200. The Morgan fingerprint density at radius 2 is 1.89 bits per heavy atom. The van der Waals surface area contributed by atoms with Gasteiger partial charge in [0.2, 0.25) is 5.91 Å². The van der Waals surface area contributed by atoms with Crippen LogP contribution in [0.15, 0.2) is 53.7 Å². The minimum Gasteiger partial charge on any atom is -0.465 e. The Morgan fingerprint density at radius 3 is 2.57 bits per heavy atom. The lowest BCUT2D eigenvalue weighted by atomic mass is 10.1. The van der Waals surface area contributed by atoms with Crippen molar-refractivity contribution in [1.29, 1.82) is 0 Å². The van der Waals surface area contributed by atoms with Crippen LogP contribution in [0, 0.1) is 6.92 Å². The minimum atomic E-state index is -0.417. The summed E-state index contributed by atoms with van der Waals surface area (Å²) in [5.74, 6) is 0.361. The number of esters is 1. The average molecular weight is 396 g/mol. The van der Waals surface area contributed by atoms with Crippen molar-refractivity contribution in [1.82, 2.24) is 14.8 Å². The Balaban J connectivity index is 1.60. The van der Waals surface area contributed by atoms with Crippen molar-refractivity contribution >= 4 is 29.3 Å². The number of nitrogens with one attached hydrogen (secondary N) is 1. The van der Waals surface area contributed by atoms with Gasteiger partial charge < -0.3 is 14.6 Å². The van der Waals surface area contributed by atoms with Crippen molar-refractivity contribution in [2.24, 2.45) is 7.05 Å². The van der Waals surface area contributed by atoms with Gasteiger partial charge in [0.15, 0.2) is 11.0 Å². The second-order valence-corrected chi connectivity index (χ2v) is 7.08. The quantitative estimate of drug-likeness (QED) is 0.508. The van der Waals surface area contributed by atoms with E-state index >= 15 is 0 Å². The summed E-state index contributed by atoms with van der Waals surface area (Å²) in [7, 11) is 3.20. The first-order chi connectivity index (χ1) is 13.5. The molecule has 0 saturated heterocycles. The van der Waals surface area contributed by atoms with Crippen molar-refractivity contribution < 1.29 is 14.3 Å². The topological polar surface area (TPSA) is 86.1 Å². The van der Waals surface area contributed by atoms with E-state index < -0.39 is 5.97 Å². The minimum absolute atomic E-state index is 0.170. The second-order valence-electron chi connectivity index (χ2n) is 6.14. The summed E-state index contributed by atoms with van der Waals surface area (Å²) < 4.78 is 6.52. The fourth-order valence-corrected chi connectivity index (χ4v) is 3.32. The van der Waals surface area contributed by atoms with Crippen LogP contribution in [-0.4, -0.2) is 39.5 Å². The molecule has 1 amide bonds. The molecule has 0 fully saturated rings. The zero-order chi connectivity index (χ0) is 20.1. The molecule has 7 nitrogen and oxygen atoms in total. The number of ether oxygens (including phenoxy) is 1. The van der Waals surface area contributed by atoms with E-state index in [0.717, 1.165) is 17.0 Å². The number of benzene rings is 2. The van der Waals surface area contributed by atoms with E-state index in [0.29, 0.717) is 16.4 Å². The van der Waals surface area contributed by atoms with Crippen LogP contribution in [0.2, 0.25) is 0 Å². The lowest BCUT2D eigenvalue weighted by molar-refractivity contribution is -0.113. The fourth-order valence-electron chi connectivity index (χ4n) is 2.61. The smallest absolute Gasteiger partial charge is 0.337 e. The van der Waals surface area contributed by atoms with Gasteiger partial charge in [0.05, 0.1) is 18.4 Å². The maximum Gasteiger partial charge on any atom is 0.337 e. The lowest BCUT2D eigenvalue weighted by Gasteiger charge is -2.07. The Bertz CT molecular complexity index is 999. The van der Waals surface area contributed by atoms with Gasteiger partial charge >= 0.3 is 5.97 Å². The summed E-state index contributed by atoms with van der Waals surface area (Å²) in [4.78, 5) is 23.6. The van der Waals surface area contributed by atoms with Crippen LogP contribution in [0.25, 0.3) is 11.4 Å². The van der Waals surface area contributed by atoms with E-state index in [4.69, 9.17) is 0 Å². The number of aryl methyl sites for hydroxylation is 1. The molecule has 1 heterocycles. The number of carbonyl (C=O) groups is 2. The van der Waals surface area contributed by atoms with Crippen molar-refractivity contribution in [3.63, 3.8) is 0 Å². The molecular weight excluding hydrogens is 376 g/mol. The molecule has 0 bridgehead atoms. The first-order valence-corrected chi connectivity index (χ1v) is 9.54. The van der Waals surface area contributed by atoms with Gasteiger partial charge in [-0.25, -0.2) is 4.79 Å². The summed E-state index contributed by atoms with van der Waals surface area (Å²) in [6.07, 6.45) is 0. The second kappa shape index (κ2) is 8.71. The molecule has 0 saturated carbocycles. The summed E-state index contributed by atoms with van der Waals surface area (Å²) in [5.41, 5.74) is 3.17. The molecule has 0 aliphatic carbocycles. The van der Waals surface area contributed by atoms with Crippen molar-refractivity contribution in [3.05, 3.63) is 59.7 Å². The third kappa shape index (κ3) is 4.58. The monoisotopic (exact) mass is 396 g/mol. The number of hydrogen-bond acceptors (Lipinski definition) is 6. The van der Waals surface area contributed by atoms with E-state index in [9.17, 15) is 9.59 Å². The van der Waals surface area contributed by atoms with Gasteiger partial charge in [-0.05, 0) is 37.3 Å². The van der Waals surface area contributed by atoms with Gasteiger partial charge in [0.25, 0.3) is 0 Å². The van der Waals surface area contributed by atoms with Crippen LogP contribution in [0.4, 0.5) is 5.69 Å². The van der Waals surface area contributed by atoms with Crippen LogP contribution in [0.1, 0.15) is 15.9 Å². The van der Waals surface area contributed by atoms with Crippen LogP contribution in [0.5, 0.6) is 0 Å². The van der Waals surface area contributed by atoms with Crippen LogP contribution < -0.4 is 5.32 Å². The lowest BCUT2D eigenvalue weighted by Crippen LogP contribution is -2.14. The molecule has 2 aromatic carbocycles. The summed E-state index contributed by atoms with van der Waals surface area (Å²) in [6.45, 7) is 2.03. The van der Waals surface area contributed by atoms with Crippen LogP contribution >= 0.6 is 11.8 Å². The number of rotatable bonds is 6. The van der Waals surface area contributed by atoms with E-state index in [2.05, 4.69) is 20.3 Å².